The fourth-order valence-electron chi connectivity index (χ4n) is 2.56. The molecule has 2 amide bonds. The Kier molecular flexibility index (Phi) is 3.52. The van der Waals surface area contributed by atoms with Crippen molar-refractivity contribution in [3.8, 4) is 5.75 Å². The molecule has 4 nitrogen and oxygen atoms in total. The number of amides is 2. The average molecular weight is 282 g/mol. The summed E-state index contributed by atoms with van der Waals surface area (Å²) in [6, 6.07) is 13.0. The second-order valence-electron chi connectivity index (χ2n) is 5.42. The van der Waals surface area contributed by atoms with E-state index < -0.39 is 0 Å². The van der Waals surface area contributed by atoms with Gasteiger partial charge in [-0.2, -0.15) is 0 Å². The monoisotopic (exact) mass is 282 g/mol. The molecule has 0 aliphatic carbocycles. The van der Waals surface area contributed by atoms with E-state index in [2.05, 4.69) is 5.32 Å². The molecule has 21 heavy (non-hydrogen) atoms. The standard InChI is InChI=1S/C17H18N2O2/c1-12-2-5-15(6-3-12)18-17(21)19-9-8-13-4-7-16(20)10-14(13)11-19/h2-7,10,20H,8-9,11H2,1H3,(H,18,21). The van der Waals surface area contributed by atoms with Gasteiger partial charge in [0.1, 0.15) is 5.75 Å². The lowest BCUT2D eigenvalue weighted by atomic mass is 10.00. The van der Waals surface area contributed by atoms with Crippen LogP contribution >= 0.6 is 0 Å². The summed E-state index contributed by atoms with van der Waals surface area (Å²) in [5.41, 5.74) is 4.18. The van der Waals surface area contributed by atoms with Crippen molar-refractivity contribution in [1.29, 1.82) is 0 Å². The first-order valence-electron chi connectivity index (χ1n) is 7.05. The normalized spacial score (nSPS) is 13.7. The maximum Gasteiger partial charge on any atom is 0.322 e. The van der Waals surface area contributed by atoms with Crippen molar-refractivity contribution in [2.75, 3.05) is 11.9 Å². The summed E-state index contributed by atoms with van der Waals surface area (Å²) in [6.07, 6.45) is 0.816. The number of urea groups is 1. The van der Waals surface area contributed by atoms with Gasteiger partial charge in [0.25, 0.3) is 0 Å². The van der Waals surface area contributed by atoms with Crippen LogP contribution in [0.1, 0.15) is 16.7 Å². The van der Waals surface area contributed by atoms with Crippen molar-refractivity contribution in [2.45, 2.75) is 19.9 Å². The van der Waals surface area contributed by atoms with Gasteiger partial charge in [0, 0.05) is 18.8 Å². The molecule has 3 rings (SSSR count). The van der Waals surface area contributed by atoms with Crippen LogP contribution < -0.4 is 5.32 Å². The Morgan fingerprint density at radius 3 is 2.67 bits per heavy atom. The number of phenols is 1. The van der Waals surface area contributed by atoms with Crippen LogP contribution in [0.2, 0.25) is 0 Å². The molecule has 1 aliphatic rings. The zero-order valence-corrected chi connectivity index (χ0v) is 12.0. The van der Waals surface area contributed by atoms with Gasteiger partial charge in [-0.25, -0.2) is 4.79 Å². The SMILES string of the molecule is Cc1ccc(NC(=O)N2CCc3ccc(O)cc3C2)cc1. The number of phenolic OH excluding ortho intramolecular Hbond substituents is 1. The number of benzene rings is 2. The minimum Gasteiger partial charge on any atom is -0.508 e. The lowest BCUT2D eigenvalue weighted by molar-refractivity contribution is 0.206. The van der Waals surface area contributed by atoms with Gasteiger partial charge in [-0.3, -0.25) is 0 Å². The van der Waals surface area contributed by atoms with Crippen molar-refractivity contribution >= 4 is 11.7 Å². The molecule has 0 saturated heterocycles. The molecule has 1 heterocycles. The van der Waals surface area contributed by atoms with Gasteiger partial charge in [0.2, 0.25) is 0 Å². The van der Waals surface area contributed by atoms with E-state index >= 15 is 0 Å². The summed E-state index contributed by atoms with van der Waals surface area (Å²) in [5.74, 6) is 0.245. The molecule has 0 saturated carbocycles. The Balaban J connectivity index is 1.70. The highest BCUT2D eigenvalue weighted by atomic mass is 16.3. The molecule has 2 aromatic rings. The second kappa shape index (κ2) is 5.48. The van der Waals surface area contributed by atoms with Gasteiger partial charge in [-0.05, 0) is 48.7 Å². The van der Waals surface area contributed by atoms with E-state index in [0.717, 1.165) is 23.2 Å². The number of aryl methyl sites for hydroxylation is 1. The average Bonchev–Trinajstić information content (AvgIpc) is 2.48. The van der Waals surface area contributed by atoms with Gasteiger partial charge in [0.05, 0.1) is 0 Å². The third-order valence-corrected chi connectivity index (χ3v) is 3.79. The number of carbonyl (C=O) groups is 1. The summed E-state index contributed by atoms with van der Waals surface area (Å²) in [4.78, 5) is 14.1. The van der Waals surface area contributed by atoms with Gasteiger partial charge in [0.15, 0.2) is 0 Å². The van der Waals surface area contributed by atoms with Crippen LogP contribution in [0.4, 0.5) is 10.5 Å². The van der Waals surface area contributed by atoms with Crippen LogP contribution in [-0.4, -0.2) is 22.6 Å². The summed E-state index contributed by atoms with van der Waals surface area (Å²) < 4.78 is 0. The Hall–Kier alpha value is -2.49. The third kappa shape index (κ3) is 2.99. The molecule has 4 heteroatoms. The largest absolute Gasteiger partial charge is 0.508 e. The van der Waals surface area contributed by atoms with Gasteiger partial charge in [-0.15, -0.1) is 0 Å². The minimum atomic E-state index is -0.104. The molecule has 0 spiro atoms. The molecule has 108 valence electrons. The molecule has 1 aliphatic heterocycles. The number of anilines is 1. The highest BCUT2D eigenvalue weighted by molar-refractivity contribution is 5.89. The van der Waals surface area contributed by atoms with Crippen LogP contribution in [0.3, 0.4) is 0 Å². The first-order valence-corrected chi connectivity index (χ1v) is 7.05. The Morgan fingerprint density at radius 2 is 1.90 bits per heavy atom. The van der Waals surface area contributed by atoms with Crippen LogP contribution in [0.25, 0.3) is 0 Å². The van der Waals surface area contributed by atoms with Gasteiger partial charge < -0.3 is 15.3 Å². The fraction of sp³-hybridized carbons (Fsp3) is 0.235. The Bertz CT molecular complexity index is 665. The summed E-state index contributed by atoms with van der Waals surface area (Å²) in [7, 11) is 0. The molecule has 0 fully saturated rings. The van der Waals surface area contributed by atoms with Crippen LogP contribution in [0, 0.1) is 6.92 Å². The number of carbonyl (C=O) groups excluding carboxylic acids is 1. The number of rotatable bonds is 1. The molecule has 0 aromatic heterocycles. The zero-order chi connectivity index (χ0) is 14.8. The number of hydrogen-bond acceptors (Lipinski definition) is 2. The second-order valence-corrected chi connectivity index (χ2v) is 5.42. The van der Waals surface area contributed by atoms with E-state index in [1.54, 1.807) is 17.0 Å². The maximum atomic E-state index is 12.3. The summed E-state index contributed by atoms with van der Waals surface area (Å²) in [5, 5.41) is 12.5. The highest BCUT2D eigenvalue weighted by Crippen LogP contribution is 2.23. The molecular weight excluding hydrogens is 264 g/mol. The van der Waals surface area contributed by atoms with E-state index in [1.165, 1.54) is 5.56 Å². The number of fused-ring (bicyclic) bond motifs is 1. The van der Waals surface area contributed by atoms with Crippen molar-refractivity contribution in [1.82, 2.24) is 4.90 Å². The van der Waals surface area contributed by atoms with E-state index in [1.807, 2.05) is 37.3 Å². The number of aromatic hydroxyl groups is 1. The first-order chi connectivity index (χ1) is 10.1. The smallest absolute Gasteiger partial charge is 0.322 e. The summed E-state index contributed by atoms with van der Waals surface area (Å²) >= 11 is 0. The van der Waals surface area contributed by atoms with Crippen LogP contribution in [0.15, 0.2) is 42.5 Å². The predicted octanol–water partition coefficient (Wildman–Crippen LogP) is 3.29. The van der Waals surface area contributed by atoms with Crippen LogP contribution in [0.5, 0.6) is 5.75 Å². The molecule has 0 atom stereocenters. The number of nitrogens with one attached hydrogen (secondary N) is 1. The predicted molar refractivity (Wildman–Crippen MR) is 82.4 cm³/mol. The lowest BCUT2D eigenvalue weighted by Crippen LogP contribution is -2.38. The van der Waals surface area contributed by atoms with Crippen molar-refractivity contribution in [3.63, 3.8) is 0 Å². The number of nitrogens with zero attached hydrogens (tertiary/aromatic N) is 1. The van der Waals surface area contributed by atoms with Crippen molar-refractivity contribution in [2.24, 2.45) is 0 Å². The fourth-order valence-corrected chi connectivity index (χ4v) is 2.56. The molecule has 0 unspecified atom stereocenters. The third-order valence-electron chi connectivity index (χ3n) is 3.79. The van der Waals surface area contributed by atoms with E-state index in [-0.39, 0.29) is 11.8 Å². The Morgan fingerprint density at radius 1 is 1.14 bits per heavy atom. The lowest BCUT2D eigenvalue weighted by Gasteiger charge is -2.29. The zero-order valence-electron chi connectivity index (χ0n) is 12.0. The van der Waals surface area contributed by atoms with E-state index in [0.29, 0.717) is 13.1 Å². The molecular formula is C17H18N2O2. The topological polar surface area (TPSA) is 52.6 Å². The summed E-state index contributed by atoms with van der Waals surface area (Å²) in [6.45, 7) is 3.23. The Labute approximate surface area is 124 Å². The minimum absolute atomic E-state index is 0.104. The van der Waals surface area contributed by atoms with Crippen molar-refractivity contribution < 1.29 is 9.90 Å². The maximum absolute atomic E-state index is 12.3. The molecule has 0 bridgehead atoms. The van der Waals surface area contributed by atoms with Gasteiger partial charge >= 0.3 is 6.03 Å². The molecule has 0 radical (unpaired) electrons. The highest BCUT2D eigenvalue weighted by Gasteiger charge is 2.20. The van der Waals surface area contributed by atoms with Crippen LogP contribution in [-0.2, 0) is 13.0 Å². The quantitative estimate of drug-likeness (QED) is 0.843. The molecule has 2 aromatic carbocycles. The van der Waals surface area contributed by atoms with Gasteiger partial charge in [-0.1, -0.05) is 23.8 Å². The van der Waals surface area contributed by atoms with E-state index in [9.17, 15) is 9.90 Å². The van der Waals surface area contributed by atoms with Crippen molar-refractivity contribution in [3.05, 3.63) is 59.2 Å². The number of hydrogen-bond donors (Lipinski definition) is 2. The first kappa shape index (κ1) is 13.5. The molecule has 2 N–H and O–H groups in total. The van der Waals surface area contributed by atoms with E-state index in [4.69, 9.17) is 0 Å².